The number of anilines is 2. The van der Waals surface area contributed by atoms with Gasteiger partial charge < -0.3 is 10.6 Å². The van der Waals surface area contributed by atoms with Crippen LogP contribution >= 0.6 is 11.5 Å². The molecule has 0 spiro atoms. The van der Waals surface area contributed by atoms with Gasteiger partial charge in [0.2, 0.25) is 5.13 Å². The van der Waals surface area contributed by atoms with Crippen molar-refractivity contribution in [1.29, 1.82) is 0 Å². The molecule has 2 N–H and O–H groups in total. The molecule has 18 heavy (non-hydrogen) atoms. The molecule has 1 heterocycles. The van der Waals surface area contributed by atoms with Gasteiger partial charge in [0.25, 0.3) is 0 Å². The Kier molecular flexibility index (Phi) is 4.15. The van der Waals surface area contributed by atoms with E-state index in [1.54, 1.807) is 0 Å². The number of rotatable bonds is 5. The summed E-state index contributed by atoms with van der Waals surface area (Å²) < 4.78 is 4.24. The Bertz CT molecular complexity index is 509. The average Bonchev–Trinajstić information content (AvgIpc) is 2.75. The molecule has 0 unspecified atom stereocenters. The third-order valence-electron chi connectivity index (χ3n) is 2.61. The third kappa shape index (κ3) is 3.20. The number of hydrogen-bond donors (Lipinski definition) is 1. The molecule has 2 aromatic rings. The van der Waals surface area contributed by atoms with Crippen molar-refractivity contribution in [3.05, 3.63) is 35.7 Å². The lowest BCUT2D eigenvalue weighted by Gasteiger charge is -2.20. The van der Waals surface area contributed by atoms with Crippen LogP contribution in [0.4, 0.5) is 10.8 Å². The van der Waals surface area contributed by atoms with Crippen LogP contribution in [0.15, 0.2) is 24.3 Å². The first-order valence-corrected chi connectivity index (χ1v) is 6.86. The maximum Gasteiger partial charge on any atom is 0.205 e. The van der Waals surface area contributed by atoms with Gasteiger partial charge in [0.1, 0.15) is 5.82 Å². The van der Waals surface area contributed by atoms with E-state index in [2.05, 4.69) is 27.2 Å². The second-order valence-corrected chi connectivity index (χ2v) is 5.02. The zero-order chi connectivity index (χ0) is 13.0. The fourth-order valence-corrected chi connectivity index (χ4v) is 2.54. The van der Waals surface area contributed by atoms with Gasteiger partial charge in [0, 0.05) is 30.3 Å². The lowest BCUT2D eigenvalue weighted by molar-refractivity contribution is 0.762. The van der Waals surface area contributed by atoms with Crippen LogP contribution in [-0.2, 0) is 6.54 Å². The monoisotopic (exact) mass is 262 g/mol. The summed E-state index contributed by atoms with van der Waals surface area (Å²) in [6.45, 7) is 5.89. The number of aryl methyl sites for hydroxylation is 1. The van der Waals surface area contributed by atoms with E-state index in [0.717, 1.165) is 36.2 Å². The van der Waals surface area contributed by atoms with Crippen LogP contribution < -0.4 is 10.6 Å². The van der Waals surface area contributed by atoms with E-state index in [1.165, 1.54) is 17.1 Å². The van der Waals surface area contributed by atoms with Crippen LogP contribution in [0.25, 0.3) is 0 Å². The van der Waals surface area contributed by atoms with Crippen molar-refractivity contribution in [1.82, 2.24) is 9.36 Å². The Morgan fingerprint density at radius 2 is 2.22 bits per heavy atom. The largest absolute Gasteiger partial charge is 0.399 e. The smallest absolute Gasteiger partial charge is 0.205 e. The first kappa shape index (κ1) is 12.8. The van der Waals surface area contributed by atoms with Crippen LogP contribution in [0.5, 0.6) is 0 Å². The van der Waals surface area contributed by atoms with E-state index in [9.17, 15) is 0 Å². The molecule has 0 fully saturated rings. The van der Waals surface area contributed by atoms with Crippen molar-refractivity contribution in [2.24, 2.45) is 0 Å². The normalized spacial score (nSPS) is 10.6. The lowest BCUT2D eigenvalue weighted by Crippen LogP contribution is -2.23. The summed E-state index contributed by atoms with van der Waals surface area (Å²) in [4.78, 5) is 6.70. The molecule has 4 nitrogen and oxygen atoms in total. The quantitative estimate of drug-likeness (QED) is 0.842. The molecular formula is C13H18N4S. The molecule has 5 heteroatoms. The maximum absolute atomic E-state index is 5.81. The molecule has 2 rings (SSSR count). The van der Waals surface area contributed by atoms with Crippen molar-refractivity contribution >= 4 is 22.4 Å². The molecule has 0 amide bonds. The zero-order valence-corrected chi connectivity index (χ0v) is 11.6. The standard InChI is InChI=1S/C13H18N4S/c1-3-7-17(13-15-10(2)16-18-13)9-11-5-4-6-12(14)8-11/h4-6,8H,3,7,9,14H2,1-2H3. The predicted molar refractivity (Wildman–Crippen MR) is 76.8 cm³/mol. The number of nitrogens with two attached hydrogens (primary N) is 1. The fraction of sp³-hybridized carbons (Fsp3) is 0.385. The first-order valence-electron chi connectivity index (χ1n) is 6.08. The molecule has 0 radical (unpaired) electrons. The Morgan fingerprint density at radius 3 is 2.83 bits per heavy atom. The number of aromatic nitrogens is 2. The van der Waals surface area contributed by atoms with Crippen molar-refractivity contribution in [2.75, 3.05) is 17.2 Å². The minimum absolute atomic E-state index is 0.803. The first-order chi connectivity index (χ1) is 8.69. The van der Waals surface area contributed by atoms with Crippen LogP contribution in [0, 0.1) is 6.92 Å². The summed E-state index contributed by atoms with van der Waals surface area (Å²) in [5.41, 5.74) is 7.82. The fourth-order valence-electron chi connectivity index (χ4n) is 1.84. The lowest BCUT2D eigenvalue weighted by atomic mass is 10.2. The van der Waals surface area contributed by atoms with Crippen molar-refractivity contribution in [2.45, 2.75) is 26.8 Å². The minimum Gasteiger partial charge on any atom is -0.399 e. The molecule has 0 atom stereocenters. The number of benzene rings is 1. The molecule has 96 valence electrons. The van der Waals surface area contributed by atoms with Gasteiger partial charge in [-0.25, -0.2) is 4.98 Å². The summed E-state index contributed by atoms with van der Waals surface area (Å²) in [5, 5.41) is 0.983. The molecule has 0 aliphatic rings. The third-order valence-corrected chi connectivity index (χ3v) is 3.47. The molecular weight excluding hydrogens is 244 g/mol. The van der Waals surface area contributed by atoms with Gasteiger partial charge in [0.05, 0.1) is 0 Å². The van der Waals surface area contributed by atoms with Gasteiger partial charge in [-0.3, -0.25) is 0 Å². The van der Waals surface area contributed by atoms with E-state index in [-0.39, 0.29) is 0 Å². The molecule has 1 aromatic carbocycles. The highest BCUT2D eigenvalue weighted by Gasteiger charge is 2.11. The van der Waals surface area contributed by atoms with Crippen LogP contribution in [0.1, 0.15) is 24.7 Å². The van der Waals surface area contributed by atoms with Gasteiger partial charge in [-0.1, -0.05) is 19.1 Å². The molecule has 0 aliphatic carbocycles. The van der Waals surface area contributed by atoms with Crippen LogP contribution in [-0.4, -0.2) is 15.9 Å². The topological polar surface area (TPSA) is 55.0 Å². The van der Waals surface area contributed by atoms with Gasteiger partial charge >= 0.3 is 0 Å². The average molecular weight is 262 g/mol. The summed E-state index contributed by atoms with van der Waals surface area (Å²) in [6.07, 6.45) is 1.08. The summed E-state index contributed by atoms with van der Waals surface area (Å²) in [6, 6.07) is 7.99. The predicted octanol–water partition coefficient (Wildman–Crippen LogP) is 2.85. The van der Waals surface area contributed by atoms with E-state index in [4.69, 9.17) is 5.73 Å². The number of hydrogen-bond acceptors (Lipinski definition) is 5. The summed E-state index contributed by atoms with van der Waals surface area (Å²) in [7, 11) is 0. The minimum atomic E-state index is 0.803. The van der Waals surface area contributed by atoms with Gasteiger partial charge in [-0.15, -0.1) is 0 Å². The SMILES string of the molecule is CCCN(Cc1cccc(N)c1)c1nc(C)ns1. The molecule has 0 bridgehead atoms. The summed E-state index contributed by atoms with van der Waals surface area (Å²) in [5.74, 6) is 0.837. The van der Waals surface area contributed by atoms with Crippen LogP contribution in [0.3, 0.4) is 0 Å². The Morgan fingerprint density at radius 1 is 1.39 bits per heavy atom. The van der Waals surface area contributed by atoms with Crippen LogP contribution in [0.2, 0.25) is 0 Å². The zero-order valence-electron chi connectivity index (χ0n) is 10.8. The van der Waals surface area contributed by atoms with Crippen molar-refractivity contribution < 1.29 is 0 Å². The second kappa shape index (κ2) is 5.82. The van der Waals surface area contributed by atoms with Gasteiger partial charge in [0.15, 0.2) is 0 Å². The number of nitrogen functional groups attached to an aromatic ring is 1. The second-order valence-electron chi connectivity index (χ2n) is 4.29. The Balaban J connectivity index is 2.16. The summed E-state index contributed by atoms with van der Waals surface area (Å²) >= 11 is 1.45. The number of nitrogens with zero attached hydrogens (tertiary/aromatic N) is 3. The van der Waals surface area contributed by atoms with E-state index < -0.39 is 0 Å². The van der Waals surface area contributed by atoms with Gasteiger partial charge in [-0.2, -0.15) is 4.37 Å². The van der Waals surface area contributed by atoms with Crippen molar-refractivity contribution in [3.8, 4) is 0 Å². The van der Waals surface area contributed by atoms with E-state index in [1.807, 2.05) is 25.1 Å². The van der Waals surface area contributed by atoms with E-state index in [0.29, 0.717) is 0 Å². The Hall–Kier alpha value is -1.62. The molecule has 0 saturated carbocycles. The highest BCUT2D eigenvalue weighted by atomic mass is 32.1. The van der Waals surface area contributed by atoms with E-state index >= 15 is 0 Å². The van der Waals surface area contributed by atoms with Crippen molar-refractivity contribution in [3.63, 3.8) is 0 Å². The Labute approximate surface area is 112 Å². The molecule has 1 aromatic heterocycles. The highest BCUT2D eigenvalue weighted by molar-refractivity contribution is 7.09. The van der Waals surface area contributed by atoms with Gasteiger partial charge in [-0.05, 0) is 31.0 Å². The highest BCUT2D eigenvalue weighted by Crippen LogP contribution is 2.20. The molecule has 0 saturated heterocycles. The molecule has 0 aliphatic heterocycles. The maximum atomic E-state index is 5.81.